The SMILES string of the molecule is O=C(Nc1ccn2ccnc2c1)N1CCC(O)(C(F)(F)F)CC1. The number of carbonyl (C=O) groups excluding carboxylic acids is 1. The first-order valence-electron chi connectivity index (χ1n) is 7.06. The van der Waals surface area contributed by atoms with Gasteiger partial charge in [0.1, 0.15) is 5.65 Å². The lowest BCUT2D eigenvalue weighted by atomic mass is 9.91. The number of piperidine rings is 1. The Hall–Kier alpha value is -2.29. The first-order valence-corrected chi connectivity index (χ1v) is 7.06. The maximum atomic E-state index is 12.7. The van der Waals surface area contributed by atoms with E-state index < -0.39 is 30.7 Å². The third-order valence-corrected chi connectivity index (χ3v) is 4.05. The fourth-order valence-corrected chi connectivity index (χ4v) is 2.55. The number of aromatic nitrogens is 2. The summed E-state index contributed by atoms with van der Waals surface area (Å²) in [5.41, 5.74) is -1.56. The summed E-state index contributed by atoms with van der Waals surface area (Å²) >= 11 is 0. The van der Waals surface area contributed by atoms with Gasteiger partial charge in [-0.2, -0.15) is 13.2 Å². The molecule has 3 heterocycles. The zero-order valence-electron chi connectivity index (χ0n) is 12.0. The summed E-state index contributed by atoms with van der Waals surface area (Å²) < 4.78 is 40.0. The maximum Gasteiger partial charge on any atom is 0.417 e. The fourth-order valence-electron chi connectivity index (χ4n) is 2.55. The van der Waals surface area contributed by atoms with Gasteiger partial charge in [0, 0.05) is 56.3 Å². The van der Waals surface area contributed by atoms with E-state index in [-0.39, 0.29) is 13.1 Å². The zero-order chi connectivity index (χ0) is 16.7. The molecule has 1 saturated heterocycles. The van der Waals surface area contributed by atoms with Crippen LogP contribution in [-0.4, -0.2) is 50.3 Å². The topological polar surface area (TPSA) is 69.9 Å². The molecular formula is C14H15F3N4O2. The van der Waals surface area contributed by atoms with Crippen LogP contribution in [0.5, 0.6) is 0 Å². The highest BCUT2D eigenvalue weighted by molar-refractivity contribution is 5.89. The van der Waals surface area contributed by atoms with E-state index in [1.54, 1.807) is 35.1 Å². The van der Waals surface area contributed by atoms with Crippen LogP contribution in [0.4, 0.5) is 23.7 Å². The molecule has 3 rings (SSSR count). The van der Waals surface area contributed by atoms with Crippen molar-refractivity contribution in [2.24, 2.45) is 0 Å². The lowest BCUT2D eigenvalue weighted by Crippen LogP contribution is -2.55. The zero-order valence-corrected chi connectivity index (χ0v) is 12.0. The Labute approximate surface area is 129 Å². The van der Waals surface area contributed by atoms with Gasteiger partial charge < -0.3 is 19.7 Å². The van der Waals surface area contributed by atoms with Gasteiger partial charge in [0.15, 0.2) is 5.60 Å². The molecule has 2 N–H and O–H groups in total. The number of aliphatic hydroxyl groups is 1. The molecule has 2 aromatic heterocycles. The highest BCUT2D eigenvalue weighted by Gasteiger charge is 2.54. The molecule has 0 saturated carbocycles. The monoisotopic (exact) mass is 328 g/mol. The number of halogens is 3. The number of urea groups is 1. The van der Waals surface area contributed by atoms with Gasteiger partial charge in [-0.15, -0.1) is 0 Å². The number of fused-ring (bicyclic) bond motifs is 1. The molecular weight excluding hydrogens is 313 g/mol. The van der Waals surface area contributed by atoms with Gasteiger partial charge in [0.05, 0.1) is 0 Å². The van der Waals surface area contributed by atoms with Crippen LogP contribution in [0.3, 0.4) is 0 Å². The molecule has 0 aromatic carbocycles. The number of likely N-dealkylation sites (tertiary alicyclic amines) is 1. The van der Waals surface area contributed by atoms with Crippen molar-refractivity contribution in [1.29, 1.82) is 0 Å². The molecule has 0 atom stereocenters. The molecule has 124 valence electrons. The summed E-state index contributed by atoms with van der Waals surface area (Å²) in [6.45, 7) is -0.319. The van der Waals surface area contributed by atoms with Gasteiger partial charge >= 0.3 is 12.2 Å². The van der Waals surface area contributed by atoms with Crippen LogP contribution in [0.2, 0.25) is 0 Å². The molecule has 0 bridgehead atoms. The summed E-state index contributed by atoms with van der Waals surface area (Å²) in [7, 11) is 0. The second kappa shape index (κ2) is 5.41. The van der Waals surface area contributed by atoms with Crippen molar-refractivity contribution in [3.8, 4) is 0 Å². The van der Waals surface area contributed by atoms with Crippen LogP contribution < -0.4 is 5.32 Å². The third kappa shape index (κ3) is 2.96. The van der Waals surface area contributed by atoms with Crippen LogP contribution >= 0.6 is 0 Å². The Morgan fingerprint density at radius 2 is 2.00 bits per heavy atom. The van der Waals surface area contributed by atoms with Crippen molar-refractivity contribution < 1.29 is 23.1 Å². The number of pyridine rings is 1. The van der Waals surface area contributed by atoms with Crippen molar-refractivity contribution in [3.05, 3.63) is 30.7 Å². The normalized spacial score (nSPS) is 18.2. The predicted octanol–water partition coefficient (Wildman–Crippen LogP) is 2.26. The summed E-state index contributed by atoms with van der Waals surface area (Å²) in [4.78, 5) is 17.5. The molecule has 9 heteroatoms. The molecule has 23 heavy (non-hydrogen) atoms. The van der Waals surface area contributed by atoms with Crippen molar-refractivity contribution in [1.82, 2.24) is 14.3 Å². The quantitative estimate of drug-likeness (QED) is 0.844. The van der Waals surface area contributed by atoms with Crippen LogP contribution in [0.1, 0.15) is 12.8 Å². The largest absolute Gasteiger partial charge is 0.417 e. The molecule has 0 unspecified atom stereocenters. The first kappa shape index (κ1) is 15.6. The highest BCUT2D eigenvalue weighted by Crippen LogP contribution is 2.38. The number of nitrogens with zero attached hydrogens (tertiary/aromatic N) is 3. The summed E-state index contributed by atoms with van der Waals surface area (Å²) in [6.07, 6.45) is -0.642. The number of rotatable bonds is 1. The molecule has 0 radical (unpaired) electrons. The number of amides is 2. The highest BCUT2D eigenvalue weighted by atomic mass is 19.4. The molecule has 1 fully saturated rings. The van der Waals surface area contributed by atoms with E-state index in [1.807, 2.05) is 0 Å². The smallest absolute Gasteiger partial charge is 0.380 e. The molecule has 0 aliphatic carbocycles. The van der Waals surface area contributed by atoms with E-state index in [1.165, 1.54) is 4.90 Å². The Morgan fingerprint density at radius 3 is 2.65 bits per heavy atom. The Bertz CT molecular complexity index is 720. The second-order valence-electron chi connectivity index (χ2n) is 5.55. The van der Waals surface area contributed by atoms with Crippen LogP contribution in [0, 0.1) is 0 Å². The van der Waals surface area contributed by atoms with Gasteiger partial charge in [-0.25, -0.2) is 9.78 Å². The van der Waals surface area contributed by atoms with Gasteiger partial charge in [-0.05, 0) is 6.07 Å². The number of anilines is 1. The van der Waals surface area contributed by atoms with Crippen LogP contribution in [0.25, 0.3) is 5.65 Å². The Kier molecular flexibility index (Phi) is 3.67. The van der Waals surface area contributed by atoms with Gasteiger partial charge in [-0.3, -0.25) is 0 Å². The average Bonchev–Trinajstić information content (AvgIpc) is 2.94. The summed E-state index contributed by atoms with van der Waals surface area (Å²) in [5.74, 6) is 0. The molecule has 2 aromatic rings. The molecule has 2 amide bonds. The third-order valence-electron chi connectivity index (χ3n) is 4.05. The lowest BCUT2D eigenvalue weighted by Gasteiger charge is -2.38. The Morgan fingerprint density at radius 1 is 1.30 bits per heavy atom. The lowest BCUT2D eigenvalue weighted by molar-refractivity contribution is -0.271. The minimum absolute atomic E-state index is 0.159. The first-order chi connectivity index (χ1) is 10.8. The van der Waals surface area contributed by atoms with Crippen molar-refractivity contribution in [3.63, 3.8) is 0 Å². The number of imidazole rings is 1. The molecule has 6 nitrogen and oxygen atoms in total. The van der Waals surface area contributed by atoms with Gasteiger partial charge in [-0.1, -0.05) is 0 Å². The number of alkyl halides is 3. The van der Waals surface area contributed by atoms with Gasteiger partial charge in [0.25, 0.3) is 0 Å². The van der Waals surface area contributed by atoms with Crippen molar-refractivity contribution >= 4 is 17.4 Å². The fraction of sp³-hybridized carbons (Fsp3) is 0.429. The van der Waals surface area contributed by atoms with E-state index >= 15 is 0 Å². The maximum absolute atomic E-state index is 12.7. The van der Waals surface area contributed by atoms with Crippen molar-refractivity contribution in [2.75, 3.05) is 18.4 Å². The molecule has 1 aliphatic rings. The van der Waals surface area contributed by atoms with Crippen LogP contribution in [-0.2, 0) is 0 Å². The predicted molar refractivity (Wildman–Crippen MR) is 76.0 cm³/mol. The van der Waals surface area contributed by atoms with Gasteiger partial charge in [0.2, 0.25) is 0 Å². The second-order valence-corrected chi connectivity index (χ2v) is 5.55. The summed E-state index contributed by atoms with van der Waals surface area (Å²) in [5, 5.41) is 12.2. The standard InChI is InChI=1S/C14H15F3N4O2/c15-14(16,17)13(23)2-6-21(7-3-13)12(22)19-10-1-5-20-8-4-18-11(20)9-10/h1,4-5,8-9,23H,2-3,6-7H2,(H,19,22). The minimum atomic E-state index is -4.68. The number of hydrogen-bond acceptors (Lipinski definition) is 3. The molecule has 1 aliphatic heterocycles. The van der Waals surface area contributed by atoms with E-state index in [2.05, 4.69) is 10.3 Å². The van der Waals surface area contributed by atoms with E-state index in [0.717, 1.165) is 0 Å². The van der Waals surface area contributed by atoms with E-state index in [9.17, 15) is 23.1 Å². The van der Waals surface area contributed by atoms with Crippen LogP contribution in [0.15, 0.2) is 30.7 Å². The number of carbonyl (C=O) groups is 1. The van der Waals surface area contributed by atoms with Crippen molar-refractivity contribution in [2.45, 2.75) is 24.6 Å². The summed E-state index contributed by atoms with van der Waals surface area (Å²) in [6, 6.07) is 2.83. The average molecular weight is 328 g/mol. The van der Waals surface area contributed by atoms with E-state index in [0.29, 0.717) is 11.3 Å². The number of hydrogen-bond donors (Lipinski definition) is 2. The van der Waals surface area contributed by atoms with E-state index in [4.69, 9.17) is 0 Å². The molecule has 0 spiro atoms. The minimum Gasteiger partial charge on any atom is -0.380 e. The Balaban J connectivity index is 1.63. The number of nitrogens with one attached hydrogen (secondary N) is 1.